The van der Waals surface area contributed by atoms with Crippen molar-refractivity contribution in [3.05, 3.63) is 29.8 Å². The second-order valence-corrected chi connectivity index (χ2v) is 4.66. The Labute approximate surface area is 113 Å². The second kappa shape index (κ2) is 6.89. The van der Waals surface area contributed by atoms with Crippen molar-refractivity contribution in [2.24, 2.45) is 0 Å². The molecule has 0 aliphatic heterocycles. The van der Waals surface area contributed by atoms with Crippen LogP contribution >= 0.6 is 0 Å². The number of hydrogen-bond donors (Lipinski definition) is 2. The average Bonchev–Trinajstić information content (AvgIpc) is 2.37. The van der Waals surface area contributed by atoms with Gasteiger partial charge in [-0.1, -0.05) is 17.7 Å². The summed E-state index contributed by atoms with van der Waals surface area (Å²) >= 11 is 0. The molecule has 0 radical (unpaired) electrons. The summed E-state index contributed by atoms with van der Waals surface area (Å²) in [4.78, 5) is 24.2. The van der Waals surface area contributed by atoms with Crippen LogP contribution < -0.4 is 5.32 Å². The van der Waals surface area contributed by atoms with E-state index in [-0.39, 0.29) is 18.4 Å². The van der Waals surface area contributed by atoms with E-state index in [1.54, 1.807) is 18.9 Å². The molecule has 5 heteroatoms. The van der Waals surface area contributed by atoms with Gasteiger partial charge in [0, 0.05) is 12.2 Å². The fraction of sp³-hybridized carbons (Fsp3) is 0.429. The number of nitrogens with one attached hydrogen (secondary N) is 1. The van der Waals surface area contributed by atoms with Gasteiger partial charge >= 0.3 is 5.97 Å². The molecule has 0 saturated heterocycles. The Morgan fingerprint density at radius 2 is 1.89 bits per heavy atom. The van der Waals surface area contributed by atoms with Gasteiger partial charge in [0.1, 0.15) is 0 Å². The van der Waals surface area contributed by atoms with E-state index < -0.39 is 5.97 Å². The molecule has 2 N–H and O–H groups in total. The zero-order valence-corrected chi connectivity index (χ0v) is 11.5. The summed E-state index contributed by atoms with van der Waals surface area (Å²) in [6, 6.07) is 7.16. The van der Waals surface area contributed by atoms with Crippen LogP contribution in [0.4, 0.5) is 5.69 Å². The molecule has 0 aromatic heterocycles. The number of hydrogen-bond acceptors (Lipinski definition) is 3. The Morgan fingerprint density at radius 1 is 1.32 bits per heavy atom. The summed E-state index contributed by atoms with van der Waals surface area (Å²) in [5, 5.41) is 11.4. The van der Waals surface area contributed by atoms with E-state index in [2.05, 4.69) is 5.32 Å². The first-order chi connectivity index (χ1) is 8.90. The first-order valence-electron chi connectivity index (χ1n) is 6.19. The van der Waals surface area contributed by atoms with Crippen LogP contribution in [0.25, 0.3) is 0 Å². The molecule has 1 aromatic carbocycles. The first-order valence-corrected chi connectivity index (χ1v) is 6.19. The van der Waals surface area contributed by atoms with Gasteiger partial charge in [-0.15, -0.1) is 0 Å². The molecule has 0 bridgehead atoms. The van der Waals surface area contributed by atoms with Crippen LogP contribution in [0.1, 0.15) is 18.9 Å². The lowest BCUT2D eigenvalue weighted by molar-refractivity contribution is -0.137. The first kappa shape index (κ1) is 15.2. The molecular formula is C14H20N2O3. The standard InChI is InChI=1S/C14H20N2O3/c1-10-4-6-12(7-5-10)15-14(19)11(2)16(3)9-8-13(17)18/h4-7,11H,8-9H2,1-3H3,(H,15,19)(H,17,18). The number of carboxylic acid groups (broad SMARTS) is 1. The number of carbonyl (C=O) groups excluding carboxylic acids is 1. The number of carboxylic acids is 1. The van der Waals surface area contributed by atoms with Crippen LogP contribution in [0.5, 0.6) is 0 Å². The van der Waals surface area contributed by atoms with E-state index in [0.29, 0.717) is 6.54 Å². The summed E-state index contributed by atoms with van der Waals surface area (Å²) in [6.45, 7) is 4.08. The third kappa shape index (κ3) is 5.09. The van der Waals surface area contributed by atoms with Gasteiger partial charge in [-0.25, -0.2) is 0 Å². The largest absolute Gasteiger partial charge is 0.481 e. The normalized spacial score (nSPS) is 12.2. The predicted octanol–water partition coefficient (Wildman–Crippen LogP) is 1.73. The third-order valence-corrected chi connectivity index (χ3v) is 3.04. The lowest BCUT2D eigenvalue weighted by Crippen LogP contribution is -2.40. The van der Waals surface area contributed by atoms with E-state index in [1.165, 1.54) is 0 Å². The van der Waals surface area contributed by atoms with E-state index >= 15 is 0 Å². The highest BCUT2D eigenvalue weighted by molar-refractivity contribution is 5.94. The number of aryl methyl sites for hydroxylation is 1. The molecule has 0 aliphatic rings. The van der Waals surface area contributed by atoms with Gasteiger partial charge < -0.3 is 10.4 Å². The van der Waals surface area contributed by atoms with Crippen molar-refractivity contribution < 1.29 is 14.7 Å². The van der Waals surface area contributed by atoms with Gasteiger partial charge in [-0.05, 0) is 33.0 Å². The number of likely N-dealkylation sites (N-methyl/N-ethyl adjacent to an activating group) is 1. The van der Waals surface area contributed by atoms with Crippen LogP contribution in [0.3, 0.4) is 0 Å². The number of nitrogens with zero attached hydrogens (tertiary/aromatic N) is 1. The SMILES string of the molecule is Cc1ccc(NC(=O)C(C)N(C)CCC(=O)O)cc1. The maximum atomic E-state index is 12.0. The fourth-order valence-electron chi connectivity index (χ4n) is 1.55. The fourth-order valence-corrected chi connectivity index (χ4v) is 1.55. The number of carbonyl (C=O) groups is 2. The molecule has 1 unspecified atom stereocenters. The van der Waals surface area contributed by atoms with Gasteiger partial charge in [0.25, 0.3) is 0 Å². The molecule has 0 fully saturated rings. The Morgan fingerprint density at radius 3 is 2.42 bits per heavy atom. The Bertz CT molecular complexity index is 443. The van der Waals surface area contributed by atoms with Crippen LogP contribution in [-0.4, -0.2) is 41.5 Å². The van der Waals surface area contributed by atoms with Crippen molar-refractivity contribution in [2.45, 2.75) is 26.3 Å². The number of benzene rings is 1. The highest BCUT2D eigenvalue weighted by Crippen LogP contribution is 2.10. The molecule has 5 nitrogen and oxygen atoms in total. The average molecular weight is 264 g/mol. The Hall–Kier alpha value is -1.88. The van der Waals surface area contributed by atoms with Crippen LogP contribution in [0, 0.1) is 6.92 Å². The molecule has 0 saturated carbocycles. The minimum absolute atomic E-state index is 0.0264. The van der Waals surface area contributed by atoms with Crippen molar-refractivity contribution in [3.8, 4) is 0 Å². The van der Waals surface area contributed by atoms with Crippen molar-refractivity contribution in [3.63, 3.8) is 0 Å². The van der Waals surface area contributed by atoms with E-state index in [0.717, 1.165) is 11.3 Å². The molecule has 19 heavy (non-hydrogen) atoms. The van der Waals surface area contributed by atoms with Crippen LogP contribution in [-0.2, 0) is 9.59 Å². The summed E-state index contributed by atoms with van der Waals surface area (Å²) in [6.07, 6.45) is 0.0264. The minimum Gasteiger partial charge on any atom is -0.481 e. The number of amides is 1. The third-order valence-electron chi connectivity index (χ3n) is 3.04. The maximum absolute atomic E-state index is 12.0. The van der Waals surface area contributed by atoms with Gasteiger partial charge in [0.2, 0.25) is 5.91 Å². The molecule has 1 aromatic rings. The van der Waals surface area contributed by atoms with Gasteiger partial charge in [0.05, 0.1) is 12.5 Å². The highest BCUT2D eigenvalue weighted by atomic mass is 16.4. The minimum atomic E-state index is -0.863. The summed E-state index contributed by atoms with van der Waals surface area (Å²) in [7, 11) is 1.74. The number of aliphatic carboxylic acids is 1. The second-order valence-electron chi connectivity index (χ2n) is 4.66. The van der Waals surface area contributed by atoms with Crippen LogP contribution in [0.15, 0.2) is 24.3 Å². The zero-order valence-electron chi connectivity index (χ0n) is 11.5. The van der Waals surface area contributed by atoms with Gasteiger partial charge in [0.15, 0.2) is 0 Å². The highest BCUT2D eigenvalue weighted by Gasteiger charge is 2.18. The summed E-state index contributed by atoms with van der Waals surface area (Å²) in [5.74, 6) is -1.00. The molecule has 1 atom stereocenters. The molecule has 1 rings (SSSR count). The Kier molecular flexibility index (Phi) is 5.51. The lowest BCUT2D eigenvalue weighted by atomic mass is 10.2. The summed E-state index contributed by atoms with van der Waals surface area (Å²) < 4.78 is 0. The monoisotopic (exact) mass is 264 g/mol. The van der Waals surface area contributed by atoms with Crippen molar-refractivity contribution in [1.82, 2.24) is 4.90 Å². The topological polar surface area (TPSA) is 69.6 Å². The smallest absolute Gasteiger partial charge is 0.304 e. The van der Waals surface area contributed by atoms with Gasteiger partial charge in [-0.2, -0.15) is 0 Å². The molecular weight excluding hydrogens is 244 g/mol. The number of anilines is 1. The Balaban J connectivity index is 2.52. The molecule has 104 valence electrons. The quantitative estimate of drug-likeness (QED) is 0.821. The van der Waals surface area contributed by atoms with E-state index in [1.807, 2.05) is 31.2 Å². The molecule has 1 amide bonds. The van der Waals surface area contributed by atoms with Crippen molar-refractivity contribution in [1.29, 1.82) is 0 Å². The number of rotatable bonds is 6. The van der Waals surface area contributed by atoms with E-state index in [4.69, 9.17) is 5.11 Å². The van der Waals surface area contributed by atoms with Crippen LogP contribution in [0.2, 0.25) is 0 Å². The van der Waals surface area contributed by atoms with Crippen molar-refractivity contribution >= 4 is 17.6 Å². The summed E-state index contributed by atoms with van der Waals surface area (Å²) in [5.41, 5.74) is 1.87. The molecule has 0 spiro atoms. The lowest BCUT2D eigenvalue weighted by Gasteiger charge is -2.23. The predicted molar refractivity (Wildman–Crippen MR) is 74.2 cm³/mol. The van der Waals surface area contributed by atoms with Crippen molar-refractivity contribution in [2.75, 3.05) is 18.9 Å². The molecule has 0 heterocycles. The zero-order chi connectivity index (χ0) is 14.4. The molecule has 0 aliphatic carbocycles. The van der Waals surface area contributed by atoms with Gasteiger partial charge in [-0.3, -0.25) is 14.5 Å². The maximum Gasteiger partial charge on any atom is 0.304 e. The van der Waals surface area contributed by atoms with E-state index in [9.17, 15) is 9.59 Å².